The molecule has 2 saturated heterocycles. The Labute approximate surface area is 174 Å². The number of carbonyl (C=O) groups excluding carboxylic acids is 3. The molecule has 3 aliphatic rings. The van der Waals surface area contributed by atoms with Crippen molar-refractivity contribution in [3.8, 4) is 0 Å². The van der Waals surface area contributed by atoms with Gasteiger partial charge >= 0.3 is 0 Å². The molecule has 4 nitrogen and oxygen atoms in total. The van der Waals surface area contributed by atoms with E-state index >= 15 is 0 Å². The van der Waals surface area contributed by atoms with Crippen LogP contribution in [0.4, 0.5) is 4.39 Å². The molecule has 6 atom stereocenters. The summed E-state index contributed by atoms with van der Waals surface area (Å²) >= 11 is 0. The largest absolute Gasteiger partial charge is 0.373 e. The van der Waals surface area contributed by atoms with Gasteiger partial charge in [-0.05, 0) is 68.1 Å². The lowest BCUT2D eigenvalue weighted by molar-refractivity contribution is -0.127. The van der Waals surface area contributed by atoms with Crippen LogP contribution in [0, 0.1) is 44.3 Å². The number of Topliss-reactive ketones (excluding diaryl/α,β-unsaturated/α-hetero) is 3. The normalized spacial score (nSPS) is 32.0. The summed E-state index contributed by atoms with van der Waals surface area (Å²) in [4.78, 5) is 39.8. The molecule has 1 saturated carbocycles. The Morgan fingerprint density at radius 3 is 2.20 bits per heavy atom. The fourth-order valence-corrected chi connectivity index (χ4v) is 5.98. The highest BCUT2D eigenvalue weighted by molar-refractivity contribution is 6.17. The number of hydrogen-bond acceptors (Lipinski definition) is 4. The second-order valence-corrected chi connectivity index (χ2v) is 8.95. The highest BCUT2D eigenvalue weighted by Gasteiger charge is 2.66. The molecular formula is C25H23FO4. The number of aryl methyl sites for hydroxylation is 3. The van der Waals surface area contributed by atoms with Crippen LogP contribution in [-0.4, -0.2) is 29.6 Å². The Bertz CT molecular complexity index is 1060. The Morgan fingerprint density at radius 2 is 1.57 bits per heavy atom. The number of ether oxygens (including phenoxy) is 1. The Hall–Kier alpha value is -2.66. The lowest BCUT2D eigenvalue weighted by Crippen LogP contribution is -2.38. The zero-order valence-corrected chi connectivity index (χ0v) is 17.1. The van der Waals surface area contributed by atoms with E-state index in [0.29, 0.717) is 12.0 Å². The van der Waals surface area contributed by atoms with Crippen molar-refractivity contribution in [1.29, 1.82) is 0 Å². The third-order valence-electron chi connectivity index (χ3n) is 7.07. The van der Waals surface area contributed by atoms with Crippen molar-refractivity contribution in [3.63, 3.8) is 0 Å². The van der Waals surface area contributed by atoms with Crippen LogP contribution < -0.4 is 0 Å². The van der Waals surface area contributed by atoms with E-state index in [2.05, 4.69) is 0 Å². The summed E-state index contributed by atoms with van der Waals surface area (Å²) in [5.41, 5.74) is 4.22. The van der Waals surface area contributed by atoms with E-state index < -0.39 is 41.7 Å². The van der Waals surface area contributed by atoms with Crippen molar-refractivity contribution in [2.45, 2.75) is 45.3 Å². The van der Waals surface area contributed by atoms with E-state index in [1.807, 2.05) is 32.9 Å². The smallest absolute Gasteiger partial charge is 0.168 e. The van der Waals surface area contributed by atoms with Crippen molar-refractivity contribution in [1.82, 2.24) is 0 Å². The van der Waals surface area contributed by atoms with Crippen LogP contribution >= 0.6 is 0 Å². The van der Waals surface area contributed by atoms with Crippen LogP contribution in [-0.2, 0) is 14.3 Å². The first-order valence-corrected chi connectivity index (χ1v) is 10.4. The predicted molar refractivity (Wildman–Crippen MR) is 108 cm³/mol. The molecule has 1 aliphatic carbocycles. The third-order valence-corrected chi connectivity index (χ3v) is 7.07. The summed E-state index contributed by atoms with van der Waals surface area (Å²) < 4.78 is 19.2. The fourth-order valence-electron chi connectivity index (χ4n) is 5.98. The van der Waals surface area contributed by atoms with Gasteiger partial charge in [0.2, 0.25) is 0 Å². The highest BCUT2D eigenvalue weighted by Crippen LogP contribution is 2.55. The minimum Gasteiger partial charge on any atom is -0.373 e. The molecule has 3 fully saturated rings. The van der Waals surface area contributed by atoms with E-state index in [-0.39, 0.29) is 17.3 Å². The summed E-state index contributed by atoms with van der Waals surface area (Å²) in [6.45, 7) is 5.88. The Kier molecular flexibility index (Phi) is 4.30. The lowest BCUT2D eigenvalue weighted by Gasteiger charge is -2.25. The summed E-state index contributed by atoms with van der Waals surface area (Å²) in [5, 5.41) is 0. The average Bonchev–Trinajstić information content (AvgIpc) is 3.34. The topological polar surface area (TPSA) is 60.4 Å². The second-order valence-electron chi connectivity index (χ2n) is 8.95. The molecule has 0 amide bonds. The van der Waals surface area contributed by atoms with E-state index in [1.165, 1.54) is 24.3 Å². The van der Waals surface area contributed by atoms with Crippen molar-refractivity contribution >= 4 is 17.3 Å². The lowest BCUT2D eigenvalue weighted by atomic mass is 9.73. The van der Waals surface area contributed by atoms with E-state index in [4.69, 9.17) is 4.74 Å². The van der Waals surface area contributed by atoms with Crippen LogP contribution in [0.15, 0.2) is 36.4 Å². The van der Waals surface area contributed by atoms with E-state index in [0.717, 1.165) is 22.3 Å². The van der Waals surface area contributed by atoms with Gasteiger partial charge in [0.1, 0.15) is 11.7 Å². The maximum atomic E-state index is 13.5. The van der Waals surface area contributed by atoms with Gasteiger partial charge in [-0.25, -0.2) is 4.39 Å². The zero-order valence-electron chi connectivity index (χ0n) is 17.1. The monoisotopic (exact) mass is 406 g/mol. The van der Waals surface area contributed by atoms with Gasteiger partial charge in [-0.2, -0.15) is 0 Å². The minimum atomic E-state index is -0.769. The first-order valence-electron chi connectivity index (χ1n) is 10.4. The van der Waals surface area contributed by atoms with Crippen LogP contribution in [0.2, 0.25) is 0 Å². The molecule has 2 bridgehead atoms. The minimum absolute atomic E-state index is 0.0692. The standard InChI is InChI=1S/C25H23FO4/c1-11-8-12(2)18(13(3)9-11)20-23(28)19-17-10-16(25(30-17)21(19)24(20)29)22(27)14-4-6-15(26)7-5-14/h4-9,16-17,19-21,25H,10H2,1-3H3/t16-,17-,19-,20?,21+,25+/m0/s1. The van der Waals surface area contributed by atoms with Crippen LogP contribution in [0.3, 0.4) is 0 Å². The molecule has 1 unspecified atom stereocenters. The molecule has 0 radical (unpaired) electrons. The van der Waals surface area contributed by atoms with Gasteiger partial charge in [0.25, 0.3) is 0 Å². The number of fused-ring (bicyclic) bond motifs is 5. The van der Waals surface area contributed by atoms with Crippen molar-refractivity contribution in [3.05, 3.63) is 70.0 Å². The molecule has 154 valence electrons. The van der Waals surface area contributed by atoms with Crippen molar-refractivity contribution in [2.24, 2.45) is 17.8 Å². The average molecular weight is 406 g/mol. The molecule has 0 N–H and O–H groups in total. The van der Waals surface area contributed by atoms with Gasteiger partial charge in [0.05, 0.1) is 30.0 Å². The quantitative estimate of drug-likeness (QED) is 0.573. The maximum absolute atomic E-state index is 13.5. The predicted octanol–water partition coefficient (Wildman–Crippen LogP) is 3.89. The maximum Gasteiger partial charge on any atom is 0.168 e. The number of carbonyl (C=O) groups is 3. The van der Waals surface area contributed by atoms with Crippen LogP contribution in [0.5, 0.6) is 0 Å². The molecular weight excluding hydrogens is 383 g/mol. The highest BCUT2D eigenvalue weighted by atomic mass is 19.1. The molecule has 0 aromatic heterocycles. The molecule has 5 heteroatoms. The molecule has 0 spiro atoms. The van der Waals surface area contributed by atoms with Crippen molar-refractivity contribution < 1.29 is 23.5 Å². The van der Waals surface area contributed by atoms with Gasteiger partial charge in [0, 0.05) is 5.56 Å². The first-order chi connectivity index (χ1) is 14.3. The Balaban J connectivity index is 1.47. The van der Waals surface area contributed by atoms with E-state index in [9.17, 15) is 18.8 Å². The number of rotatable bonds is 3. The van der Waals surface area contributed by atoms with Gasteiger partial charge < -0.3 is 4.74 Å². The Morgan fingerprint density at radius 1 is 0.967 bits per heavy atom. The van der Waals surface area contributed by atoms with Gasteiger partial charge in [-0.3, -0.25) is 14.4 Å². The van der Waals surface area contributed by atoms with Gasteiger partial charge in [0.15, 0.2) is 17.3 Å². The molecule has 2 heterocycles. The molecule has 5 rings (SSSR count). The van der Waals surface area contributed by atoms with Crippen LogP contribution in [0.1, 0.15) is 45.0 Å². The molecule has 2 aromatic carbocycles. The van der Waals surface area contributed by atoms with E-state index in [1.54, 1.807) is 0 Å². The zero-order chi connectivity index (χ0) is 21.3. The van der Waals surface area contributed by atoms with Crippen LogP contribution in [0.25, 0.3) is 0 Å². The van der Waals surface area contributed by atoms with Gasteiger partial charge in [-0.15, -0.1) is 0 Å². The number of ketones is 3. The van der Waals surface area contributed by atoms with Crippen molar-refractivity contribution in [2.75, 3.05) is 0 Å². The molecule has 2 aliphatic heterocycles. The molecule has 2 aromatic rings. The number of halogens is 1. The SMILES string of the molecule is Cc1cc(C)c(C2C(=O)[C@@H]3[C@@H]4O[C@@H](C[C@H]4C(=O)c4ccc(F)cc4)[C@@H]3C2=O)c(C)c1. The first kappa shape index (κ1) is 19.3. The number of benzene rings is 2. The molecule has 30 heavy (non-hydrogen) atoms. The summed E-state index contributed by atoms with van der Waals surface area (Å²) in [7, 11) is 0. The summed E-state index contributed by atoms with van der Waals surface area (Å²) in [5.74, 6) is -3.02. The summed E-state index contributed by atoms with van der Waals surface area (Å²) in [6, 6.07) is 9.45. The van der Waals surface area contributed by atoms with Gasteiger partial charge in [-0.1, -0.05) is 17.7 Å². The fraction of sp³-hybridized carbons (Fsp3) is 0.400. The third kappa shape index (κ3) is 2.64. The number of hydrogen-bond donors (Lipinski definition) is 0. The summed E-state index contributed by atoms with van der Waals surface area (Å²) in [6.07, 6.45) is -0.549. The second kappa shape index (κ2) is 6.67.